The number of imide groups is 1. The Balaban J connectivity index is 1.67. The van der Waals surface area contributed by atoms with Crippen molar-refractivity contribution in [2.75, 3.05) is 4.90 Å². The van der Waals surface area contributed by atoms with E-state index in [0.29, 0.717) is 28.4 Å². The second kappa shape index (κ2) is 7.13. The van der Waals surface area contributed by atoms with Crippen LogP contribution in [0, 0.1) is 6.92 Å². The molecule has 0 aliphatic carbocycles. The van der Waals surface area contributed by atoms with Gasteiger partial charge >= 0.3 is 6.03 Å². The van der Waals surface area contributed by atoms with Crippen LogP contribution in [-0.4, -0.2) is 22.6 Å². The van der Waals surface area contributed by atoms with Crippen molar-refractivity contribution in [2.45, 2.75) is 32.0 Å². The summed E-state index contributed by atoms with van der Waals surface area (Å²) in [5.41, 5.74) is 2.04. The van der Waals surface area contributed by atoms with Gasteiger partial charge in [0.25, 0.3) is 5.91 Å². The molecule has 0 N–H and O–H groups in total. The van der Waals surface area contributed by atoms with Gasteiger partial charge in [0.2, 0.25) is 0 Å². The number of carbonyl (C=O) groups is 2. The second-order valence-corrected chi connectivity index (χ2v) is 8.61. The Labute approximate surface area is 185 Å². The maximum atomic E-state index is 13.9. The molecule has 2 unspecified atom stereocenters. The number of anilines is 1. The number of para-hydroxylation sites is 1. The quantitative estimate of drug-likeness (QED) is 0.501. The highest BCUT2D eigenvalue weighted by Gasteiger charge is 2.55. The number of nitrogens with zero attached hydrogens (tertiary/aromatic N) is 2. The number of urea groups is 1. The minimum Gasteiger partial charge on any atom is -0.467 e. The van der Waals surface area contributed by atoms with Gasteiger partial charge in [-0.2, -0.15) is 0 Å². The van der Waals surface area contributed by atoms with E-state index in [9.17, 15) is 9.59 Å². The third kappa shape index (κ3) is 3.17. The molecule has 2 aliphatic heterocycles. The van der Waals surface area contributed by atoms with Gasteiger partial charge in [0.15, 0.2) is 5.72 Å². The zero-order chi connectivity index (χ0) is 21.8. The Hall–Kier alpha value is -3.31. The second-order valence-electron chi connectivity index (χ2n) is 8.17. The number of hydrogen-bond donors (Lipinski definition) is 0. The lowest BCUT2D eigenvalue weighted by Gasteiger charge is -2.53. The molecule has 3 aromatic carbocycles. The van der Waals surface area contributed by atoms with Crippen molar-refractivity contribution < 1.29 is 14.3 Å². The molecule has 2 aliphatic rings. The van der Waals surface area contributed by atoms with E-state index in [1.54, 1.807) is 29.2 Å². The van der Waals surface area contributed by atoms with Gasteiger partial charge in [-0.3, -0.25) is 14.6 Å². The van der Waals surface area contributed by atoms with Gasteiger partial charge < -0.3 is 4.74 Å². The Kier molecular flexibility index (Phi) is 4.52. The molecule has 2 bridgehead atoms. The zero-order valence-corrected chi connectivity index (χ0v) is 18.0. The molecule has 0 spiro atoms. The highest BCUT2D eigenvalue weighted by molar-refractivity contribution is 6.31. The molecule has 156 valence electrons. The van der Waals surface area contributed by atoms with Crippen LogP contribution in [0.4, 0.5) is 10.5 Å². The number of ether oxygens (including phenoxy) is 1. The first-order valence-corrected chi connectivity index (χ1v) is 10.5. The smallest absolute Gasteiger partial charge is 0.335 e. The molecule has 3 amide bonds. The molecule has 3 aromatic rings. The number of aryl methyl sites for hydroxylation is 1. The fraction of sp³-hybridized carbons (Fsp3) is 0.200. The highest BCUT2D eigenvalue weighted by atomic mass is 35.5. The summed E-state index contributed by atoms with van der Waals surface area (Å²) in [5.74, 6) is 0.295. The van der Waals surface area contributed by atoms with E-state index < -0.39 is 17.8 Å². The molecule has 0 saturated carbocycles. The van der Waals surface area contributed by atoms with Crippen molar-refractivity contribution in [3.8, 4) is 5.75 Å². The first kappa shape index (κ1) is 19.6. The average Bonchev–Trinajstić information content (AvgIpc) is 2.74. The van der Waals surface area contributed by atoms with Crippen LogP contribution in [0.2, 0.25) is 5.02 Å². The predicted molar refractivity (Wildman–Crippen MR) is 120 cm³/mol. The van der Waals surface area contributed by atoms with Crippen LogP contribution in [0.15, 0.2) is 72.8 Å². The molecule has 1 saturated heterocycles. The summed E-state index contributed by atoms with van der Waals surface area (Å²) in [6, 6.07) is 21.1. The molecule has 2 atom stereocenters. The lowest BCUT2D eigenvalue weighted by molar-refractivity contribution is 0.00268. The lowest BCUT2D eigenvalue weighted by Crippen LogP contribution is -2.67. The molecule has 1 fully saturated rings. The van der Waals surface area contributed by atoms with E-state index in [1.165, 1.54) is 4.90 Å². The first-order chi connectivity index (χ1) is 14.9. The molecule has 5 rings (SSSR count). The van der Waals surface area contributed by atoms with E-state index in [2.05, 4.69) is 0 Å². The molecule has 5 nitrogen and oxygen atoms in total. The van der Waals surface area contributed by atoms with Crippen LogP contribution in [0.25, 0.3) is 0 Å². The number of hydrogen-bond acceptors (Lipinski definition) is 3. The van der Waals surface area contributed by atoms with Gasteiger partial charge in [0.05, 0.1) is 6.04 Å². The van der Waals surface area contributed by atoms with Gasteiger partial charge in [-0.25, -0.2) is 4.79 Å². The largest absolute Gasteiger partial charge is 0.467 e. The molecule has 6 heteroatoms. The van der Waals surface area contributed by atoms with E-state index in [0.717, 1.165) is 11.1 Å². The third-order valence-electron chi connectivity index (χ3n) is 5.94. The van der Waals surface area contributed by atoms with Crippen molar-refractivity contribution in [3.63, 3.8) is 0 Å². The van der Waals surface area contributed by atoms with Crippen LogP contribution in [0.3, 0.4) is 0 Å². The van der Waals surface area contributed by atoms with Crippen LogP contribution in [-0.2, 0) is 0 Å². The number of fused-ring (bicyclic) bond motifs is 4. The molecular formula is C25H21ClN2O3. The Bertz CT molecular complexity index is 1190. The minimum absolute atomic E-state index is 0.372. The summed E-state index contributed by atoms with van der Waals surface area (Å²) in [6.07, 6.45) is 0.454. The first-order valence-electron chi connectivity index (χ1n) is 10.2. The Morgan fingerprint density at radius 2 is 1.81 bits per heavy atom. The zero-order valence-electron chi connectivity index (χ0n) is 17.2. The lowest BCUT2D eigenvalue weighted by atomic mass is 9.88. The Morgan fingerprint density at radius 3 is 2.55 bits per heavy atom. The number of halogens is 1. The molecular weight excluding hydrogens is 412 g/mol. The molecule has 31 heavy (non-hydrogen) atoms. The summed E-state index contributed by atoms with van der Waals surface area (Å²) >= 11 is 6.13. The van der Waals surface area contributed by atoms with Crippen LogP contribution in [0.5, 0.6) is 5.75 Å². The number of rotatable bonds is 2. The average molecular weight is 433 g/mol. The fourth-order valence-electron chi connectivity index (χ4n) is 4.47. The molecule has 0 radical (unpaired) electrons. The van der Waals surface area contributed by atoms with Gasteiger partial charge in [-0.15, -0.1) is 0 Å². The predicted octanol–water partition coefficient (Wildman–Crippen LogP) is 5.97. The van der Waals surface area contributed by atoms with Crippen LogP contribution < -0.4 is 9.64 Å². The van der Waals surface area contributed by atoms with Crippen molar-refractivity contribution in [1.82, 2.24) is 4.90 Å². The summed E-state index contributed by atoms with van der Waals surface area (Å²) < 4.78 is 6.36. The Morgan fingerprint density at radius 1 is 1.06 bits per heavy atom. The van der Waals surface area contributed by atoms with Crippen molar-refractivity contribution in [3.05, 3.63) is 94.5 Å². The monoisotopic (exact) mass is 432 g/mol. The standard InChI is InChI=1S/C25H21ClN2O3/c1-16-10-12-19(13-11-16)28-24(30)27(23(29)17-6-5-7-18(26)14-17)21-15-25(28,2)31-22-9-4-3-8-20(21)22/h3-14,21H,15H2,1-2H3. The summed E-state index contributed by atoms with van der Waals surface area (Å²) in [7, 11) is 0. The van der Waals surface area contributed by atoms with Crippen molar-refractivity contribution in [1.29, 1.82) is 0 Å². The van der Waals surface area contributed by atoms with Gasteiger partial charge in [-0.05, 0) is 50.2 Å². The van der Waals surface area contributed by atoms with Crippen molar-refractivity contribution >= 4 is 29.2 Å². The van der Waals surface area contributed by atoms with Crippen LogP contribution in [0.1, 0.15) is 40.9 Å². The van der Waals surface area contributed by atoms with Crippen LogP contribution >= 0.6 is 11.6 Å². The minimum atomic E-state index is -0.920. The SMILES string of the molecule is Cc1ccc(N2C(=O)N(C(=O)c3cccc(Cl)c3)C3CC2(C)Oc2ccccc23)cc1. The highest BCUT2D eigenvalue weighted by Crippen LogP contribution is 2.49. The summed E-state index contributed by atoms with van der Waals surface area (Å²) in [6.45, 7) is 3.89. The summed E-state index contributed by atoms with van der Waals surface area (Å²) in [4.78, 5) is 30.4. The van der Waals surface area contributed by atoms with E-state index in [-0.39, 0.29) is 5.91 Å². The maximum Gasteiger partial charge on any atom is 0.335 e. The summed E-state index contributed by atoms with van der Waals surface area (Å²) in [5, 5.41) is 0.447. The number of benzene rings is 3. The topological polar surface area (TPSA) is 49.9 Å². The molecule has 0 aromatic heterocycles. The normalized spacial score (nSPS) is 22.0. The fourth-order valence-corrected chi connectivity index (χ4v) is 4.66. The van der Waals surface area contributed by atoms with Gasteiger partial charge in [0, 0.05) is 28.3 Å². The third-order valence-corrected chi connectivity index (χ3v) is 6.18. The van der Waals surface area contributed by atoms with E-state index in [4.69, 9.17) is 16.3 Å². The van der Waals surface area contributed by atoms with Crippen molar-refractivity contribution in [2.24, 2.45) is 0 Å². The number of carbonyl (C=O) groups excluding carboxylic acids is 2. The maximum absolute atomic E-state index is 13.9. The molecule has 2 heterocycles. The van der Waals surface area contributed by atoms with Gasteiger partial charge in [0.1, 0.15) is 5.75 Å². The number of amides is 3. The van der Waals surface area contributed by atoms with E-state index >= 15 is 0 Å². The van der Waals surface area contributed by atoms with Gasteiger partial charge in [-0.1, -0.05) is 53.6 Å². The van der Waals surface area contributed by atoms with E-state index in [1.807, 2.05) is 62.4 Å².